The second kappa shape index (κ2) is 7.43. The predicted octanol–water partition coefficient (Wildman–Crippen LogP) is 2.61. The van der Waals surface area contributed by atoms with Gasteiger partial charge in [-0.2, -0.15) is 0 Å². The van der Waals surface area contributed by atoms with Gasteiger partial charge >= 0.3 is 0 Å². The van der Waals surface area contributed by atoms with Gasteiger partial charge in [0, 0.05) is 31.8 Å². The minimum Gasteiger partial charge on any atom is -0.494 e. The van der Waals surface area contributed by atoms with Gasteiger partial charge in [-0.15, -0.1) is 0 Å². The molecule has 2 aromatic rings. The van der Waals surface area contributed by atoms with Crippen LogP contribution in [0.4, 0.5) is 15.8 Å². The minimum atomic E-state index is -0.540. The van der Waals surface area contributed by atoms with Gasteiger partial charge in [0.25, 0.3) is 5.91 Å². The molecule has 6 nitrogen and oxygen atoms in total. The summed E-state index contributed by atoms with van der Waals surface area (Å²) in [5.74, 6) is -0.238. The lowest BCUT2D eigenvalue weighted by atomic mass is 10.2. The molecule has 0 bridgehead atoms. The van der Waals surface area contributed by atoms with Gasteiger partial charge in [-0.3, -0.25) is 9.59 Å². The number of ether oxygens (including phenoxy) is 2. The molecule has 2 amide bonds. The molecule has 0 spiro atoms. The highest BCUT2D eigenvalue weighted by molar-refractivity contribution is 5.99. The summed E-state index contributed by atoms with van der Waals surface area (Å²) >= 11 is 0. The van der Waals surface area contributed by atoms with Crippen molar-refractivity contribution in [2.45, 2.75) is 6.42 Å². The van der Waals surface area contributed by atoms with E-state index in [0.29, 0.717) is 17.1 Å². The number of anilines is 2. The monoisotopic (exact) mass is 358 g/mol. The van der Waals surface area contributed by atoms with Crippen molar-refractivity contribution in [2.24, 2.45) is 0 Å². The van der Waals surface area contributed by atoms with E-state index in [-0.39, 0.29) is 37.1 Å². The van der Waals surface area contributed by atoms with Gasteiger partial charge in [-0.1, -0.05) is 12.1 Å². The Bertz CT molecular complexity index is 840. The fourth-order valence-corrected chi connectivity index (χ4v) is 2.78. The van der Waals surface area contributed by atoms with Crippen molar-refractivity contribution in [3.63, 3.8) is 0 Å². The van der Waals surface area contributed by atoms with E-state index in [4.69, 9.17) is 9.47 Å². The Morgan fingerprint density at radius 3 is 2.81 bits per heavy atom. The van der Waals surface area contributed by atoms with Crippen molar-refractivity contribution in [3.8, 4) is 11.5 Å². The van der Waals surface area contributed by atoms with Crippen LogP contribution in [0.25, 0.3) is 0 Å². The zero-order chi connectivity index (χ0) is 18.7. The van der Waals surface area contributed by atoms with Crippen molar-refractivity contribution in [3.05, 3.63) is 48.3 Å². The molecule has 1 aliphatic rings. The molecule has 0 radical (unpaired) electrons. The Kier molecular flexibility index (Phi) is 5.06. The SMILES string of the molecule is COc1ccc(N(C)C(=O)CCN2C(=O)COc3ccccc32)cc1F. The molecule has 2 aromatic carbocycles. The van der Waals surface area contributed by atoms with Crippen molar-refractivity contribution in [1.29, 1.82) is 0 Å². The molecule has 26 heavy (non-hydrogen) atoms. The normalized spacial score (nSPS) is 13.0. The Morgan fingerprint density at radius 1 is 1.31 bits per heavy atom. The highest BCUT2D eigenvalue weighted by Crippen LogP contribution is 2.31. The number of halogens is 1. The quantitative estimate of drug-likeness (QED) is 0.824. The first-order valence-electron chi connectivity index (χ1n) is 8.13. The van der Waals surface area contributed by atoms with Crippen LogP contribution in [-0.4, -0.2) is 39.1 Å². The number of hydrogen-bond acceptors (Lipinski definition) is 4. The van der Waals surface area contributed by atoms with E-state index in [1.165, 1.54) is 24.1 Å². The van der Waals surface area contributed by atoms with Gasteiger partial charge in [0.05, 0.1) is 12.8 Å². The summed E-state index contributed by atoms with van der Waals surface area (Å²) in [7, 11) is 2.95. The average molecular weight is 358 g/mol. The van der Waals surface area contributed by atoms with Crippen LogP contribution in [0.3, 0.4) is 0 Å². The number of amides is 2. The topological polar surface area (TPSA) is 59.1 Å². The molecule has 0 fully saturated rings. The van der Waals surface area contributed by atoms with Crippen molar-refractivity contribution < 1.29 is 23.5 Å². The third-order valence-electron chi connectivity index (χ3n) is 4.25. The van der Waals surface area contributed by atoms with Gasteiger partial charge in [0.15, 0.2) is 18.2 Å². The third kappa shape index (κ3) is 3.46. The lowest BCUT2D eigenvalue weighted by Gasteiger charge is -2.29. The number of carbonyl (C=O) groups excluding carboxylic acids is 2. The van der Waals surface area contributed by atoms with E-state index >= 15 is 0 Å². The van der Waals surface area contributed by atoms with Crippen molar-refractivity contribution in [1.82, 2.24) is 0 Å². The molecule has 1 heterocycles. The summed E-state index contributed by atoms with van der Waals surface area (Å²) in [6, 6.07) is 11.5. The Balaban J connectivity index is 1.69. The van der Waals surface area contributed by atoms with E-state index in [0.717, 1.165) is 0 Å². The molecular weight excluding hydrogens is 339 g/mol. The smallest absolute Gasteiger partial charge is 0.265 e. The Labute approximate surface area is 150 Å². The largest absolute Gasteiger partial charge is 0.494 e. The van der Waals surface area contributed by atoms with Crippen LogP contribution in [0.1, 0.15) is 6.42 Å². The lowest BCUT2D eigenvalue weighted by molar-refractivity contribution is -0.121. The standard InChI is InChI=1S/C19H19FN2O4/c1-21(13-7-8-16(25-2)14(20)11-13)18(23)9-10-22-15-5-3-4-6-17(15)26-12-19(22)24/h3-8,11H,9-10,12H2,1-2H3. The van der Waals surface area contributed by atoms with E-state index < -0.39 is 5.82 Å². The van der Waals surface area contributed by atoms with Gasteiger partial charge in [0.1, 0.15) is 5.75 Å². The first-order valence-corrected chi connectivity index (χ1v) is 8.13. The van der Waals surface area contributed by atoms with E-state index in [1.807, 2.05) is 12.1 Å². The fourth-order valence-electron chi connectivity index (χ4n) is 2.78. The lowest BCUT2D eigenvalue weighted by Crippen LogP contribution is -2.41. The van der Waals surface area contributed by atoms with Crippen LogP contribution in [0.2, 0.25) is 0 Å². The number of hydrogen-bond donors (Lipinski definition) is 0. The fraction of sp³-hybridized carbons (Fsp3) is 0.263. The Morgan fingerprint density at radius 2 is 2.08 bits per heavy atom. The van der Waals surface area contributed by atoms with Gasteiger partial charge in [-0.25, -0.2) is 4.39 Å². The molecule has 0 saturated carbocycles. The molecule has 0 atom stereocenters. The predicted molar refractivity (Wildman–Crippen MR) is 95.3 cm³/mol. The maximum Gasteiger partial charge on any atom is 0.265 e. The molecule has 136 valence electrons. The van der Waals surface area contributed by atoms with Crippen LogP contribution < -0.4 is 19.3 Å². The molecule has 0 unspecified atom stereocenters. The first kappa shape index (κ1) is 17.7. The van der Waals surface area contributed by atoms with E-state index in [9.17, 15) is 14.0 Å². The first-order chi connectivity index (χ1) is 12.5. The number of methoxy groups -OCH3 is 1. The second-order valence-corrected chi connectivity index (χ2v) is 5.82. The second-order valence-electron chi connectivity index (χ2n) is 5.82. The molecule has 0 saturated heterocycles. The summed E-state index contributed by atoms with van der Waals surface area (Å²) in [6.45, 7) is 0.172. The summed E-state index contributed by atoms with van der Waals surface area (Å²) in [4.78, 5) is 27.5. The van der Waals surface area contributed by atoms with Gasteiger partial charge in [0.2, 0.25) is 5.91 Å². The van der Waals surface area contributed by atoms with E-state index in [2.05, 4.69) is 0 Å². The number of fused-ring (bicyclic) bond motifs is 1. The van der Waals surface area contributed by atoms with Crippen molar-refractivity contribution >= 4 is 23.2 Å². The van der Waals surface area contributed by atoms with Gasteiger partial charge in [-0.05, 0) is 24.3 Å². The van der Waals surface area contributed by atoms with Crippen LogP contribution in [-0.2, 0) is 9.59 Å². The molecule has 0 aliphatic carbocycles. The van der Waals surface area contributed by atoms with Crippen LogP contribution >= 0.6 is 0 Å². The summed E-state index contributed by atoms with van der Waals surface area (Å²) < 4.78 is 24.1. The average Bonchev–Trinajstić information content (AvgIpc) is 2.66. The van der Waals surface area contributed by atoms with E-state index in [1.54, 1.807) is 30.1 Å². The zero-order valence-corrected chi connectivity index (χ0v) is 14.6. The zero-order valence-electron chi connectivity index (χ0n) is 14.6. The number of carbonyl (C=O) groups is 2. The maximum atomic E-state index is 13.8. The summed E-state index contributed by atoms with van der Waals surface area (Å²) in [6.07, 6.45) is 0.101. The molecule has 1 aliphatic heterocycles. The molecule has 0 aromatic heterocycles. The van der Waals surface area contributed by atoms with Crippen LogP contribution in [0.15, 0.2) is 42.5 Å². The number of para-hydroxylation sites is 2. The summed E-state index contributed by atoms with van der Waals surface area (Å²) in [5.41, 5.74) is 1.07. The van der Waals surface area contributed by atoms with Crippen molar-refractivity contribution in [2.75, 3.05) is 37.1 Å². The minimum absolute atomic E-state index is 0.0509. The number of benzene rings is 2. The summed E-state index contributed by atoms with van der Waals surface area (Å²) in [5, 5.41) is 0. The highest BCUT2D eigenvalue weighted by atomic mass is 19.1. The number of rotatable bonds is 5. The number of nitrogens with zero attached hydrogens (tertiary/aromatic N) is 2. The van der Waals surface area contributed by atoms with Crippen LogP contribution in [0, 0.1) is 5.82 Å². The molecule has 0 N–H and O–H groups in total. The molecule has 3 rings (SSSR count). The third-order valence-corrected chi connectivity index (χ3v) is 4.25. The highest BCUT2D eigenvalue weighted by Gasteiger charge is 2.26. The molecule has 7 heteroatoms. The maximum absolute atomic E-state index is 13.8. The molecular formula is C19H19FN2O4. The Hall–Kier alpha value is -3.09. The van der Waals surface area contributed by atoms with Gasteiger partial charge < -0.3 is 19.3 Å². The van der Waals surface area contributed by atoms with Crippen LogP contribution in [0.5, 0.6) is 11.5 Å².